The molecule has 6 heteroatoms. The van der Waals surface area contributed by atoms with Gasteiger partial charge < -0.3 is 19.7 Å². The lowest BCUT2D eigenvalue weighted by Gasteiger charge is -2.23. The van der Waals surface area contributed by atoms with E-state index in [9.17, 15) is 0 Å². The number of likely N-dealkylation sites (tertiary alicyclic amines) is 1. The van der Waals surface area contributed by atoms with E-state index in [1.165, 1.54) is 6.42 Å². The fraction of sp³-hybridized carbons (Fsp3) is 0.933. The number of hydrogen-bond donors (Lipinski definition) is 1. The van der Waals surface area contributed by atoms with E-state index >= 15 is 0 Å². The first-order valence-corrected chi connectivity index (χ1v) is 7.61. The number of guanidine groups is 1. The van der Waals surface area contributed by atoms with Gasteiger partial charge in [-0.2, -0.15) is 0 Å². The zero-order chi connectivity index (χ0) is 14.8. The van der Waals surface area contributed by atoms with Crippen molar-refractivity contribution in [2.45, 2.75) is 33.1 Å². The molecule has 0 saturated carbocycles. The molecule has 0 unspecified atom stereocenters. The van der Waals surface area contributed by atoms with Crippen molar-refractivity contribution < 1.29 is 9.47 Å². The van der Waals surface area contributed by atoms with E-state index in [0.717, 1.165) is 45.0 Å². The van der Waals surface area contributed by atoms with E-state index in [0.29, 0.717) is 18.6 Å². The van der Waals surface area contributed by atoms with Gasteiger partial charge in [-0.3, -0.25) is 4.99 Å². The molecule has 0 aromatic heterocycles. The number of aliphatic imine (C=N–C) groups is 1. The first-order chi connectivity index (χ1) is 9.59. The highest BCUT2D eigenvalue weighted by Gasteiger charge is 2.30. The largest absolute Gasteiger partial charge is 0.382 e. The van der Waals surface area contributed by atoms with Gasteiger partial charge in [0.05, 0.1) is 13.2 Å². The number of rotatable bonds is 8. The van der Waals surface area contributed by atoms with Gasteiger partial charge >= 0.3 is 0 Å². The van der Waals surface area contributed by atoms with Gasteiger partial charge in [-0.1, -0.05) is 13.8 Å². The van der Waals surface area contributed by atoms with Crippen LogP contribution in [0.2, 0.25) is 0 Å². The minimum atomic E-state index is 0. The van der Waals surface area contributed by atoms with Gasteiger partial charge in [0.2, 0.25) is 0 Å². The van der Waals surface area contributed by atoms with Gasteiger partial charge in [0.15, 0.2) is 5.96 Å². The average Bonchev–Trinajstić information content (AvgIpc) is 2.77. The second-order valence-corrected chi connectivity index (χ2v) is 6.12. The number of unbranched alkanes of at least 4 members (excludes halogenated alkanes) is 1. The number of nitrogens with one attached hydrogen (secondary N) is 1. The molecule has 0 aliphatic carbocycles. The van der Waals surface area contributed by atoms with Gasteiger partial charge in [0, 0.05) is 40.4 Å². The van der Waals surface area contributed by atoms with Crippen LogP contribution in [-0.2, 0) is 9.47 Å². The third-order valence-corrected chi connectivity index (χ3v) is 3.62. The van der Waals surface area contributed by atoms with E-state index in [-0.39, 0.29) is 24.0 Å². The van der Waals surface area contributed by atoms with Crippen LogP contribution in [0.5, 0.6) is 0 Å². The maximum atomic E-state index is 5.44. The molecule has 0 amide bonds. The molecule has 1 heterocycles. The van der Waals surface area contributed by atoms with Gasteiger partial charge in [0.25, 0.3) is 0 Å². The van der Waals surface area contributed by atoms with Crippen molar-refractivity contribution >= 4 is 29.9 Å². The van der Waals surface area contributed by atoms with Crippen molar-refractivity contribution in [2.75, 3.05) is 53.6 Å². The van der Waals surface area contributed by atoms with Crippen molar-refractivity contribution in [3.05, 3.63) is 0 Å². The zero-order valence-corrected chi connectivity index (χ0v) is 16.3. The summed E-state index contributed by atoms with van der Waals surface area (Å²) >= 11 is 0. The summed E-state index contributed by atoms with van der Waals surface area (Å²) in [4.78, 5) is 6.73. The molecular weight excluding hydrogens is 381 g/mol. The summed E-state index contributed by atoms with van der Waals surface area (Å²) < 4.78 is 10.4. The lowest BCUT2D eigenvalue weighted by atomic mass is 9.93. The average molecular weight is 413 g/mol. The summed E-state index contributed by atoms with van der Waals surface area (Å²) in [7, 11) is 3.56. The van der Waals surface area contributed by atoms with E-state index < -0.39 is 0 Å². The van der Waals surface area contributed by atoms with Crippen LogP contribution in [0.3, 0.4) is 0 Å². The molecule has 5 nitrogen and oxygen atoms in total. The van der Waals surface area contributed by atoms with Crippen molar-refractivity contribution in [1.29, 1.82) is 0 Å². The Balaban J connectivity index is 0.00000400. The smallest absolute Gasteiger partial charge is 0.193 e. The quantitative estimate of drug-likeness (QED) is 0.287. The number of halogens is 1. The summed E-state index contributed by atoms with van der Waals surface area (Å²) in [6.45, 7) is 9.95. The molecule has 126 valence electrons. The number of ether oxygens (including phenoxy) is 2. The van der Waals surface area contributed by atoms with Gasteiger partial charge in [-0.05, 0) is 24.7 Å². The van der Waals surface area contributed by atoms with Gasteiger partial charge in [-0.15, -0.1) is 24.0 Å². The Labute approximate surface area is 146 Å². The van der Waals surface area contributed by atoms with Crippen LogP contribution in [0.4, 0.5) is 0 Å². The van der Waals surface area contributed by atoms with Crippen molar-refractivity contribution in [3.8, 4) is 0 Å². The Kier molecular flexibility index (Phi) is 11.4. The molecule has 1 saturated heterocycles. The highest BCUT2D eigenvalue weighted by atomic mass is 127. The number of hydrogen-bond acceptors (Lipinski definition) is 3. The summed E-state index contributed by atoms with van der Waals surface area (Å²) in [5.74, 6) is 1.04. The standard InChI is InChI=1S/C15H31N3O2.HI/c1-15(2)7-9-18(13-15)14(16-3)17-8-5-6-10-20-12-11-19-4;/h5-13H2,1-4H3,(H,16,17);1H. The van der Waals surface area contributed by atoms with Crippen molar-refractivity contribution in [1.82, 2.24) is 10.2 Å². The van der Waals surface area contributed by atoms with Crippen LogP contribution in [0.25, 0.3) is 0 Å². The third kappa shape index (κ3) is 8.83. The van der Waals surface area contributed by atoms with Crippen molar-refractivity contribution in [3.63, 3.8) is 0 Å². The van der Waals surface area contributed by atoms with E-state index in [2.05, 4.69) is 29.1 Å². The fourth-order valence-electron chi connectivity index (χ4n) is 2.40. The molecule has 0 aromatic rings. The summed E-state index contributed by atoms with van der Waals surface area (Å²) in [6, 6.07) is 0. The van der Waals surface area contributed by atoms with Gasteiger partial charge in [-0.25, -0.2) is 0 Å². The molecule has 1 rings (SSSR count). The minimum Gasteiger partial charge on any atom is -0.382 e. The van der Waals surface area contributed by atoms with Crippen LogP contribution >= 0.6 is 24.0 Å². The second kappa shape index (κ2) is 11.5. The summed E-state index contributed by atoms with van der Waals surface area (Å²) in [6.07, 6.45) is 3.41. The Morgan fingerprint density at radius 1 is 1.24 bits per heavy atom. The summed E-state index contributed by atoms with van der Waals surface area (Å²) in [5.41, 5.74) is 0.410. The topological polar surface area (TPSA) is 46.1 Å². The molecule has 0 radical (unpaired) electrons. The number of nitrogens with zero attached hydrogens (tertiary/aromatic N) is 2. The van der Waals surface area contributed by atoms with Crippen LogP contribution in [-0.4, -0.2) is 64.5 Å². The molecule has 1 fully saturated rings. The Bertz CT molecular complexity index is 299. The highest BCUT2D eigenvalue weighted by Crippen LogP contribution is 2.28. The molecule has 1 aliphatic rings. The molecule has 21 heavy (non-hydrogen) atoms. The first-order valence-electron chi connectivity index (χ1n) is 7.61. The molecule has 1 aliphatic heterocycles. The molecule has 0 bridgehead atoms. The van der Waals surface area contributed by atoms with Crippen LogP contribution < -0.4 is 5.32 Å². The lowest BCUT2D eigenvalue weighted by Crippen LogP contribution is -2.41. The zero-order valence-electron chi connectivity index (χ0n) is 14.0. The van der Waals surface area contributed by atoms with E-state index in [1.54, 1.807) is 7.11 Å². The Morgan fingerprint density at radius 2 is 2.00 bits per heavy atom. The first kappa shape index (κ1) is 20.9. The fourth-order valence-corrected chi connectivity index (χ4v) is 2.40. The van der Waals surface area contributed by atoms with Gasteiger partial charge in [0.1, 0.15) is 0 Å². The minimum absolute atomic E-state index is 0. The van der Waals surface area contributed by atoms with E-state index in [4.69, 9.17) is 9.47 Å². The highest BCUT2D eigenvalue weighted by molar-refractivity contribution is 14.0. The normalized spacial score (nSPS) is 17.7. The van der Waals surface area contributed by atoms with Crippen LogP contribution in [0.15, 0.2) is 4.99 Å². The monoisotopic (exact) mass is 413 g/mol. The Morgan fingerprint density at radius 3 is 2.57 bits per heavy atom. The predicted molar refractivity (Wildman–Crippen MR) is 98.7 cm³/mol. The van der Waals surface area contributed by atoms with Crippen LogP contribution in [0.1, 0.15) is 33.1 Å². The number of methoxy groups -OCH3 is 1. The lowest BCUT2D eigenvalue weighted by molar-refractivity contribution is 0.0689. The maximum Gasteiger partial charge on any atom is 0.193 e. The molecule has 1 N–H and O–H groups in total. The maximum absolute atomic E-state index is 5.44. The van der Waals surface area contributed by atoms with E-state index in [1.807, 2.05) is 7.05 Å². The SMILES string of the molecule is CN=C(NCCCCOCCOC)N1CCC(C)(C)C1.I. The second-order valence-electron chi connectivity index (χ2n) is 6.12. The molecular formula is C15H32IN3O2. The molecule has 0 spiro atoms. The Hall–Kier alpha value is -0.0800. The third-order valence-electron chi connectivity index (χ3n) is 3.62. The summed E-state index contributed by atoms with van der Waals surface area (Å²) in [5, 5.41) is 3.45. The van der Waals surface area contributed by atoms with Crippen LogP contribution in [0, 0.1) is 5.41 Å². The molecule has 0 atom stereocenters. The molecule has 0 aromatic carbocycles. The van der Waals surface area contributed by atoms with Crippen molar-refractivity contribution in [2.24, 2.45) is 10.4 Å². The predicted octanol–water partition coefficient (Wildman–Crippen LogP) is 2.35.